The van der Waals surface area contributed by atoms with Crippen molar-refractivity contribution in [1.29, 1.82) is 0 Å². The maximum Gasteiger partial charge on any atom is 0.244 e. The monoisotopic (exact) mass is 417 g/mol. The van der Waals surface area contributed by atoms with Crippen LogP contribution in [0.4, 0.5) is 0 Å². The highest BCUT2D eigenvalue weighted by atomic mass is 32.2. The van der Waals surface area contributed by atoms with E-state index in [-0.39, 0.29) is 5.12 Å². The van der Waals surface area contributed by atoms with Crippen LogP contribution >= 0.6 is 23.5 Å². The summed E-state index contributed by atoms with van der Waals surface area (Å²) in [5, 5.41) is -0.0174. The molecular formula is C24H19NO2S2. The van der Waals surface area contributed by atoms with Crippen LogP contribution in [0.1, 0.15) is 16.7 Å². The molecule has 3 aromatic carbocycles. The van der Waals surface area contributed by atoms with E-state index in [2.05, 4.69) is 17.1 Å². The van der Waals surface area contributed by atoms with Gasteiger partial charge in [0.25, 0.3) is 0 Å². The van der Waals surface area contributed by atoms with Crippen LogP contribution in [0.5, 0.6) is 5.75 Å². The molecule has 0 radical (unpaired) electrons. The van der Waals surface area contributed by atoms with Crippen molar-refractivity contribution in [3.8, 4) is 5.75 Å². The van der Waals surface area contributed by atoms with Crippen molar-refractivity contribution in [2.75, 3.05) is 0 Å². The molecule has 0 aromatic heterocycles. The molecule has 0 aliphatic carbocycles. The minimum absolute atomic E-state index is 0.0174. The van der Waals surface area contributed by atoms with Crippen LogP contribution in [-0.4, -0.2) is 9.49 Å². The van der Waals surface area contributed by atoms with Crippen molar-refractivity contribution in [1.82, 2.24) is 0 Å². The predicted molar refractivity (Wildman–Crippen MR) is 123 cm³/mol. The summed E-state index contributed by atoms with van der Waals surface area (Å²) in [6.45, 7) is 0.508. The molecule has 0 bridgehead atoms. The van der Waals surface area contributed by atoms with E-state index in [9.17, 15) is 4.79 Å². The lowest BCUT2D eigenvalue weighted by Crippen LogP contribution is -1.95. The van der Waals surface area contributed by atoms with Gasteiger partial charge in [0.2, 0.25) is 5.12 Å². The Morgan fingerprint density at radius 1 is 0.897 bits per heavy atom. The maximum atomic E-state index is 12.3. The zero-order valence-corrected chi connectivity index (χ0v) is 17.3. The minimum Gasteiger partial charge on any atom is -0.489 e. The lowest BCUT2D eigenvalue weighted by molar-refractivity contribution is -0.107. The molecule has 0 spiro atoms. The molecule has 1 aliphatic rings. The summed E-state index contributed by atoms with van der Waals surface area (Å²) in [7, 11) is 0. The summed E-state index contributed by atoms with van der Waals surface area (Å²) in [5.41, 5.74) is 3.71. The lowest BCUT2D eigenvalue weighted by Gasteiger charge is -2.07. The summed E-state index contributed by atoms with van der Waals surface area (Å²) in [6, 6.07) is 27.9. The van der Waals surface area contributed by atoms with Crippen molar-refractivity contribution in [2.24, 2.45) is 4.99 Å². The number of rotatable bonds is 6. The van der Waals surface area contributed by atoms with Gasteiger partial charge in [0.05, 0.1) is 0 Å². The molecule has 0 atom stereocenters. The van der Waals surface area contributed by atoms with Crippen molar-refractivity contribution in [3.63, 3.8) is 0 Å². The molecule has 4 rings (SSSR count). The number of thioether (sulfide) groups is 2. The molecule has 144 valence electrons. The van der Waals surface area contributed by atoms with Crippen molar-refractivity contribution in [3.05, 3.63) is 107 Å². The Morgan fingerprint density at radius 2 is 1.62 bits per heavy atom. The molecule has 0 unspecified atom stereocenters. The van der Waals surface area contributed by atoms with Gasteiger partial charge in [0.1, 0.15) is 22.4 Å². The SMILES string of the molecule is O=C1SC(SCc2ccccc2)=N/C1=C\c1cccc(OCc2ccccc2)c1. The molecule has 0 saturated carbocycles. The van der Waals surface area contributed by atoms with Crippen LogP contribution in [-0.2, 0) is 17.2 Å². The molecular weight excluding hydrogens is 398 g/mol. The molecule has 0 amide bonds. The second-order valence-corrected chi connectivity index (χ2v) is 8.60. The van der Waals surface area contributed by atoms with E-state index in [4.69, 9.17) is 4.74 Å². The Hall–Kier alpha value is -2.76. The molecule has 0 saturated heterocycles. The highest BCUT2D eigenvalue weighted by Gasteiger charge is 2.22. The summed E-state index contributed by atoms with van der Waals surface area (Å²) in [4.78, 5) is 16.8. The van der Waals surface area contributed by atoms with Crippen LogP contribution in [0.3, 0.4) is 0 Å². The highest BCUT2D eigenvalue weighted by molar-refractivity contribution is 8.45. The zero-order chi connectivity index (χ0) is 19.9. The van der Waals surface area contributed by atoms with Crippen molar-refractivity contribution in [2.45, 2.75) is 12.4 Å². The third kappa shape index (κ3) is 5.62. The number of nitrogens with zero attached hydrogens (tertiary/aromatic N) is 1. The number of hydrogen-bond acceptors (Lipinski definition) is 5. The summed E-state index contributed by atoms with van der Waals surface area (Å²) < 4.78 is 6.67. The van der Waals surface area contributed by atoms with Crippen LogP contribution in [0.2, 0.25) is 0 Å². The number of ether oxygens (including phenoxy) is 1. The van der Waals surface area contributed by atoms with Crippen LogP contribution < -0.4 is 4.74 Å². The number of hydrogen-bond donors (Lipinski definition) is 0. The van der Waals surface area contributed by atoms with Gasteiger partial charge in [-0.3, -0.25) is 4.79 Å². The zero-order valence-electron chi connectivity index (χ0n) is 15.7. The van der Waals surface area contributed by atoms with Gasteiger partial charge in [-0.25, -0.2) is 4.99 Å². The maximum absolute atomic E-state index is 12.3. The second kappa shape index (κ2) is 9.63. The van der Waals surface area contributed by atoms with E-state index in [1.54, 1.807) is 11.8 Å². The van der Waals surface area contributed by atoms with Gasteiger partial charge >= 0.3 is 0 Å². The standard InChI is InChI=1S/C24H19NO2S2/c26-23-22(25-24(29-23)28-17-19-10-5-2-6-11-19)15-20-12-7-13-21(14-20)27-16-18-8-3-1-4-9-18/h1-15H,16-17H2/b22-15-. The first-order valence-corrected chi connectivity index (χ1v) is 11.0. The second-order valence-electron chi connectivity index (χ2n) is 6.42. The lowest BCUT2D eigenvalue weighted by atomic mass is 10.2. The Labute approximate surface area is 178 Å². The fourth-order valence-electron chi connectivity index (χ4n) is 2.76. The Bertz CT molecular complexity index is 1050. The van der Waals surface area contributed by atoms with E-state index in [1.807, 2.05) is 78.9 Å². The molecule has 1 aliphatic heterocycles. The van der Waals surface area contributed by atoms with Gasteiger partial charge in [-0.15, -0.1) is 0 Å². The van der Waals surface area contributed by atoms with Gasteiger partial charge in [0, 0.05) is 5.75 Å². The van der Waals surface area contributed by atoms with Gasteiger partial charge in [0.15, 0.2) is 0 Å². The van der Waals surface area contributed by atoms with Gasteiger partial charge in [-0.1, -0.05) is 84.6 Å². The first-order valence-electron chi connectivity index (χ1n) is 9.22. The van der Waals surface area contributed by atoms with E-state index < -0.39 is 0 Å². The Kier molecular flexibility index (Phi) is 6.49. The van der Waals surface area contributed by atoms with Crippen LogP contribution in [0, 0.1) is 0 Å². The van der Waals surface area contributed by atoms with E-state index in [1.165, 1.54) is 17.3 Å². The number of benzene rings is 3. The Morgan fingerprint density at radius 3 is 2.38 bits per heavy atom. The molecule has 0 fully saturated rings. The minimum atomic E-state index is -0.0174. The fourth-order valence-corrected chi connectivity index (χ4v) is 4.56. The fraction of sp³-hybridized carbons (Fsp3) is 0.0833. The molecule has 3 aromatic rings. The third-order valence-electron chi connectivity index (χ3n) is 4.22. The largest absolute Gasteiger partial charge is 0.489 e. The third-order valence-corrected chi connectivity index (χ3v) is 6.30. The van der Waals surface area contributed by atoms with Crippen molar-refractivity contribution >= 4 is 39.1 Å². The number of carbonyl (C=O) groups is 1. The first kappa shape index (κ1) is 19.6. The normalized spacial score (nSPS) is 14.8. The van der Waals surface area contributed by atoms with Gasteiger partial charge < -0.3 is 4.74 Å². The predicted octanol–water partition coefficient (Wildman–Crippen LogP) is 6.17. The molecule has 5 heteroatoms. The van der Waals surface area contributed by atoms with Gasteiger partial charge in [-0.05, 0) is 46.7 Å². The molecule has 29 heavy (non-hydrogen) atoms. The van der Waals surface area contributed by atoms with E-state index >= 15 is 0 Å². The van der Waals surface area contributed by atoms with Crippen LogP contribution in [0.15, 0.2) is 95.6 Å². The van der Waals surface area contributed by atoms with Crippen molar-refractivity contribution < 1.29 is 9.53 Å². The first-order chi connectivity index (χ1) is 14.3. The average Bonchev–Trinajstić information content (AvgIpc) is 3.12. The van der Waals surface area contributed by atoms with Gasteiger partial charge in [-0.2, -0.15) is 0 Å². The van der Waals surface area contributed by atoms with Crippen LogP contribution in [0.25, 0.3) is 6.08 Å². The topological polar surface area (TPSA) is 38.7 Å². The molecule has 1 heterocycles. The highest BCUT2D eigenvalue weighted by Crippen LogP contribution is 2.32. The van der Waals surface area contributed by atoms with E-state index in [0.29, 0.717) is 12.3 Å². The number of carbonyl (C=O) groups excluding carboxylic acids is 1. The molecule has 0 N–H and O–H groups in total. The number of aliphatic imine (C=N–C) groups is 1. The Balaban J connectivity index is 1.41. The summed E-state index contributed by atoms with van der Waals surface area (Å²) in [5.74, 6) is 1.57. The van der Waals surface area contributed by atoms with E-state index in [0.717, 1.165) is 27.0 Å². The quantitative estimate of drug-likeness (QED) is 0.450. The summed E-state index contributed by atoms with van der Waals surface area (Å²) >= 11 is 2.79. The molecule has 3 nitrogen and oxygen atoms in total. The average molecular weight is 418 g/mol. The summed E-state index contributed by atoms with van der Waals surface area (Å²) in [6.07, 6.45) is 1.82. The smallest absolute Gasteiger partial charge is 0.244 e.